The van der Waals surface area contributed by atoms with Crippen molar-refractivity contribution in [2.45, 2.75) is 46.0 Å². The number of carbonyl (C=O) groups is 2. The smallest absolute Gasteiger partial charge is 0.413 e. The Hall–Kier alpha value is -19.6. The molecule has 504 valence electrons. The van der Waals surface area contributed by atoms with Gasteiger partial charge in [-0.15, -0.1) is 9.98 Å². The van der Waals surface area contributed by atoms with Gasteiger partial charge in [-0.3, -0.25) is 10.6 Å². The summed E-state index contributed by atoms with van der Waals surface area (Å²) < 4.78 is 25.0. The third-order valence-electron chi connectivity index (χ3n) is 7.97. The van der Waals surface area contributed by atoms with E-state index in [-0.39, 0.29) is 38.9 Å². The molecule has 0 unspecified atom stereocenters. The van der Waals surface area contributed by atoms with Crippen molar-refractivity contribution in [3.8, 4) is 0 Å². The molecule has 109 heavy (non-hydrogen) atoms. The van der Waals surface area contributed by atoms with E-state index < -0.39 is 12.2 Å². The topological polar surface area (TPSA) is 183 Å². The first-order valence-corrected chi connectivity index (χ1v) is 29.0. The molecule has 0 saturated carbocycles. The van der Waals surface area contributed by atoms with E-state index in [1.807, 2.05) is 0 Å². The summed E-state index contributed by atoms with van der Waals surface area (Å²) in [5.74, 6) is -0.567. The first kappa shape index (κ1) is 95.8. The lowest BCUT2D eigenvalue weighted by Gasteiger charge is -2.10. The van der Waals surface area contributed by atoms with Gasteiger partial charge in [0, 0.05) is 190 Å². The molecule has 0 bridgehead atoms. The number of isocyanates is 2. The highest BCUT2D eigenvalue weighted by atomic mass is 16.6. The number of carbonyl (C=O) groups excluding carboxylic acids is 4. The number of nitrogens with zero attached hydrogens (tertiary/aromatic N) is 2. The molecule has 2 amide bonds. The van der Waals surface area contributed by atoms with E-state index in [0.717, 1.165) is 12.8 Å². The molecule has 0 aromatic carbocycles. The van der Waals surface area contributed by atoms with Crippen molar-refractivity contribution in [3.63, 3.8) is 0 Å². The van der Waals surface area contributed by atoms with Crippen LogP contribution in [-0.2, 0) is 33.3 Å². The van der Waals surface area contributed by atoms with Gasteiger partial charge in [-0.2, -0.15) is 0 Å². The highest BCUT2D eigenvalue weighted by Gasteiger charge is 2.10. The largest absolute Gasteiger partial charge is 0.502 e. The Morgan fingerprint density at radius 3 is 0.661 bits per heavy atom. The van der Waals surface area contributed by atoms with Crippen LogP contribution in [-0.4, -0.2) is 69.1 Å². The van der Waals surface area contributed by atoms with Crippen molar-refractivity contribution in [2.24, 2.45) is 9.98 Å². The minimum absolute atomic E-state index is 0. The molecule has 14 nitrogen and oxygen atoms in total. The number of aliphatic hydroxyl groups is 1. The van der Waals surface area contributed by atoms with E-state index in [9.17, 15) is 19.2 Å². The van der Waals surface area contributed by atoms with Gasteiger partial charge in [-0.25, -0.2) is 19.2 Å². The Bertz CT molecular complexity index is 6510. The summed E-state index contributed by atoms with van der Waals surface area (Å²) in [7, 11) is 0. The average Bonchev–Trinajstić information content (AvgIpc) is 0.955. The number of alkyl carbamates (subject to hydrolysis) is 2. The Morgan fingerprint density at radius 2 is 0.468 bits per heavy atom. The van der Waals surface area contributed by atoms with Crippen LogP contribution in [0.2, 0.25) is 0 Å². The van der Waals surface area contributed by atoms with Gasteiger partial charge < -0.3 is 28.8 Å². The van der Waals surface area contributed by atoms with Gasteiger partial charge in [-0.1, -0.05) is 38.6 Å². The summed E-state index contributed by atoms with van der Waals surface area (Å²) >= 11 is 0. The average molecular weight is 1400 g/mol. The summed E-state index contributed by atoms with van der Waals surface area (Å²) in [6.07, 6.45) is 8.91. The SMILES string of the molecule is C.C=C=C=C=C=C=C=C=C=C=C=C=C=C=C=C=C=C=C=C=C=C=C=C=C=C=C=C=C=C=C=C=C=C=C=C(N=C=O)N=C=O.C=C=C=C=C=C=C=C=C=C=C=C=C=C=C=C=C=C=C=C=C=C=C=C=C=C=C=C=C=C=C=C=C=C=C=C(NC(=O)OCCCCOC=C)NC(=O)OCCCCOC=C.C=COCCCCO. The van der Waals surface area contributed by atoms with Gasteiger partial charge >= 0.3 is 12.2 Å². The van der Waals surface area contributed by atoms with Crippen molar-refractivity contribution in [1.82, 2.24) is 10.6 Å². The quantitative estimate of drug-likeness (QED) is 0.0329. The standard InChI is InChI=1S/C50H26N2O6.C38H2N2O2.C6H12O2.CH4/c1-4-7-8-9-10-11-12-13-14-15-16-17-18-19-20-21-22-23-24-25-26-27-28-29-30-31-32-33-34-35-36-37-38-43-48(51-49(53)57-46-41-39-44-55-5-2)52-50(54)58-47-42-40-45-56-6-3;1-2-3-4-5-6-7-8-9-10-11-12-13-14-15-16-17-18-19-20-21-22-23-24-25-26-27-28-29-30-31-32-33-34-35-38(39-36-41)40-37-42;1-2-8-6-4-3-5-7;/h5-6H,1-3,39-42,44-47H2,(H,51,53)(H,52,54);1H2;2,7H,1,3-6H2;1H4. The molecule has 0 aromatic rings. The van der Waals surface area contributed by atoms with E-state index in [0.29, 0.717) is 45.5 Å². The second-order valence-electron chi connectivity index (χ2n) is 15.2. The zero-order chi connectivity index (χ0) is 78.8. The number of ether oxygens (including phenoxy) is 5. The lowest BCUT2D eigenvalue weighted by Crippen LogP contribution is -2.35. The van der Waals surface area contributed by atoms with Crippen molar-refractivity contribution >= 4 is 24.3 Å². The zero-order valence-corrected chi connectivity index (χ0v) is 56.8. The van der Waals surface area contributed by atoms with Crippen LogP contribution in [0.5, 0.6) is 0 Å². The Morgan fingerprint density at radius 1 is 0.284 bits per heavy atom. The number of rotatable bonds is 21. The summed E-state index contributed by atoms with van der Waals surface area (Å²) in [5, 5.41) is 13.0. The van der Waals surface area contributed by atoms with Crippen LogP contribution in [0.25, 0.3) is 0 Å². The molecule has 0 aliphatic rings. The van der Waals surface area contributed by atoms with Crippen LogP contribution < -0.4 is 10.6 Å². The molecule has 0 fully saturated rings. The molecular weight excluding hydrogens is 1360 g/mol. The number of aliphatic hydroxyl groups excluding tert-OH is 1. The Labute approximate surface area is 628 Å². The van der Waals surface area contributed by atoms with Gasteiger partial charge in [0.2, 0.25) is 18.0 Å². The summed E-state index contributed by atoms with van der Waals surface area (Å²) in [6.45, 7) is 18.9. The lowest BCUT2D eigenvalue weighted by atomic mass is 10.3. The van der Waals surface area contributed by atoms with Gasteiger partial charge in [0.05, 0.1) is 51.8 Å². The third kappa shape index (κ3) is 90.5. The van der Waals surface area contributed by atoms with Crippen molar-refractivity contribution in [3.05, 3.63) is 453 Å². The van der Waals surface area contributed by atoms with Gasteiger partial charge in [0.15, 0.2) is 5.82 Å². The number of unbranched alkanes of at least 4 members (excludes halogenated alkanes) is 3. The molecule has 0 atom stereocenters. The van der Waals surface area contributed by atoms with Crippen LogP contribution >= 0.6 is 0 Å². The van der Waals surface area contributed by atoms with Crippen LogP contribution in [0.1, 0.15) is 46.0 Å². The Balaban J connectivity index is -0.000000944. The molecule has 0 rings (SSSR count). The predicted molar refractivity (Wildman–Crippen MR) is 392 cm³/mol. The molecule has 0 spiro atoms. The minimum Gasteiger partial charge on any atom is -0.502 e. The molecular formula is C95H44N4O10. The molecule has 0 aliphatic heterocycles. The van der Waals surface area contributed by atoms with Gasteiger partial charge in [-0.05, 0) is 247 Å². The molecule has 14 heteroatoms. The summed E-state index contributed by atoms with van der Waals surface area (Å²) in [5.41, 5.74) is 167. The van der Waals surface area contributed by atoms with Crippen LogP contribution in [0.4, 0.5) is 9.59 Å². The second kappa shape index (κ2) is 90.5. The maximum Gasteiger partial charge on any atom is 0.413 e. The van der Waals surface area contributed by atoms with E-state index in [1.54, 1.807) is 0 Å². The number of aliphatic imine (C=N–C) groups is 2. The Kier molecular flexibility index (Phi) is 79.5. The number of amides is 2. The molecule has 0 aromatic heterocycles. The minimum atomic E-state index is -0.834. The number of nitrogens with one attached hydrogen (secondary N) is 2. The predicted octanol–water partition coefficient (Wildman–Crippen LogP) is 15.0. The maximum absolute atomic E-state index is 12.2. The normalized spacial score (nSPS) is 5.62. The van der Waals surface area contributed by atoms with Crippen LogP contribution in [0.15, 0.2) is 463 Å². The van der Waals surface area contributed by atoms with E-state index in [2.05, 4.69) is 443 Å². The zero-order valence-electron chi connectivity index (χ0n) is 56.8. The number of hydrogen-bond acceptors (Lipinski definition) is 12. The highest BCUT2D eigenvalue weighted by Crippen LogP contribution is 1.96. The first-order valence-electron chi connectivity index (χ1n) is 29.0. The monoisotopic (exact) mass is 1400 g/mol. The van der Waals surface area contributed by atoms with Crippen LogP contribution in [0.3, 0.4) is 0 Å². The molecule has 3 N–H and O–H groups in total. The fourth-order valence-electron chi connectivity index (χ4n) is 4.13. The van der Waals surface area contributed by atoms with Crippen molar-refractivity contribution < 1.29 is 48.0 Å². The molecule has 0 aliphatic carbocycles. The van der Waals surface area contributed by atoms with E-state index >= 15 is 0 Å². The molecule has 0 saturated heterocycles. The van der Waals surface area contributed by atoms with Gasteiger partial charge in [0.1, 0.15) is 0 Å². The van der Waals surface area contributed by atoms with Crippen molar-refractivity contribution in [2.75, 3.05) is 39.6 Å². The number of hydrogen-bond donors (Lipinski definition) is 3. The first-order chi connectivity index (χ1) is 53.4. The summed E-state index contributed by atoms with van der Waals surface area (Å²) in [6, 6.07) is 0. The van der Waals surface area contributed by atoms with Gasteiger partial charge in [0.25, 0.3) is 0 Å². The van der Waals surface area contributed by atoms with Crippen LogP contribution in [0, 0.1) is 0 Å². The highest BCUT2D eigenvalue weighted by molar-refractivity contribution is 5.74. The van der Waals surface area contributed by atoms with Crippen molar-refractivity contribution in [1.29, 1.82) is 0 Å². The lowest BCUT2D eigenvalue weighted by molar-refractivity contribution is 0.136. The molecule has 0 heterocycles. The third-order valence-corrected chi connectivity index (χ3v) is 7.97. The maximum atomic E-state index is 12.2. The fourth-order valence-corrected chi connectivity index (χ4v) is 4.13. The fraction of sp³-hybridized carbons (Fsp3) is 0.137. The second-order valence-corrected chi connectivity index (χ2v) is 15.2. The molecule has 0 radical (unpaired) electrons. The van der Waals surface area contributed by atoms with E-state index in [1.165, 1.54) is 30.9 Å². The van der Waals surface area contributed by atoms with E-state index in [4.69, 9.17) is 28.8 Å². The summed E-state index contributed by atoms with van der Waals surface area (Å²) in [4.78, 5) is 50.6.